The van der Waals surface area contributed by atoms with Crippen LogP contribution in [-0.2, 0) is 9.63 Å². The molecule has 0 aliphatic carbocycles. The number of aliphatic carboxylic acids is 1. The van der Waals surface area contributed by atoms with E-state index in [-0.39, 0.29) is 6.03 Å². The number of carbonyl (C=O) groups excluding carboxylic acids is 1. The number of hydrogen-bond acceptors (Lipinski definition) is 3. The van der Waals surface area contributed by atoms with Gasteiger partial charge in [0.15, 0.2) is 6.61 Å². The Bertz CT molecular complexity index is 260. The van der Waals surface area contributed by atoms with E-state index in [2.05, 4.69) is 24.2 Å². The quantitative estimate of drug-likeness (QED) is 0.699. The second-order valence-electron chi connectivity index (χ2n) is 4.44. The van der Waals surface area contributed by atoms with Crippen LogP contribution in [0.3, 0.4) is 0 Å². The van der Waals surface area contributed by atoms with E-state index in [1.165, 1.54) is 0 Å². The average molecular weight is 230 g/mol. The molecule has 0 radical (unpaired) electrons. The molecule has 16 heavy (non-hydrogen) atoms. The van der Waals surface area contributed by atoms with Gasteiger partial charge in [0.05, 0.1) is 0 Å². The molecule has 1 aliphatic heterocycles. The maximum Gasteiger partial charge on any atom is 0.341 e. The van der Waals surface area contributed by atoms with Crippen LogP contribution in [0.25, 0.3) is 0 Å². The monoisotopic (exact) mass is 230 g/mol. The number of hydrogen-bond donors (Lipinski definition) is 2. The van der Waals surface area contributed by atoms with E-state index in [0.717, 1.165) is 6.42 Å². The fourth-order valence-electron chi connectivity index (χ4n) is 2.05. The number of nitrogens with zero attached hydrogens (tertiary/aromatic N) is 1. The van der Waals surface area contributed by atoms with Crippen LogP contribution in [-0.4, -0.2) is 41.7 Å². The molecule has 0 aromatic rings. The van der Waals surface area contributed by atoms with E-state index in [1.807, 2.05) is 0 Å². The van der Waals surface area contributed by atoms with Gasteiger partial charge in [0, 0.05) is 13.1 Å². The van der Waals surface area contributed by atoms with E-state index in [0.29, 0.717) is 24.9 Å². The van der Waals surface area contributed by atoms with Crippen LogP contribution in [0.4, 0.5) is 4.79 Å². The second-order valence-corrected chi connectivity index (χ2v) is 4.44. The number of piperidine rings is 1. The first-order valence-corrected chi connectivity index (χ1v) is 5.37. The Hall–Kier alpha value is -1.30. The van der Waals surface area contributed by atoms with Gasteiger partial charge in [0.2, 0.25) is 0 Å². The summed E-state index contributed by atoms with van der Waals surface area (Å²) in [5.41, 5.74) is 2.13. The van der Waals surface area contributed by atoms with Gasteiger partial charge in [-0.1, -0.05) is 13.8 Å². The Balaban J connectivity index is 2.32. The normalized spacial score (nSPS) is 25.2. The first-order valence-electron chi connectivity index (χ1n) is 5.37. The molecule has 92 valence electrons. The highest BCUT2D eigenvalue weighted by atomic mass is 16.7. The van der Waals surface area contributed by atoms with Gasteiger partial charge in [0.25, 0.3) is 0 Å². The minimum atomic E-state index is -1.11. The third-order valence-corrected chi connectivity index (χ3v) is 2.51. The van der Waals surface area contributed by atoms with Gasteiger partial charge >= 0.3 is 12.0 Å². The third kappa shape index (κ3) is 4.06. The standard InChI is InChI=1S/C10H18N2O4/c1-7-3-8(2)5-12(4-7)10(15)11-16-6-9(13)14/h7-8H,3-6H2,1-2H3,(H,11,15)(H,13,14). The van der Waals surface area contributed by atoms with Gasteiger partial charge in [-0.15, -0.1) is 0 Å². The minimum absolute atomic E-state index is 0.361. The highest BCUT2D eigenvalue weighted by Crippen LogP contribution is 2.20. The molecule has 2 unspecified atom stereocenters. The number of carboxylic acid groups (broad SMARTS) is 1. The number of carbonyl (C=O) groups is 2. The molecule has 0 aromatic heterocycles. The molecule has 1 fully saturated rings. The first-order chi connectivity index (χ1) is 7.49. The van der Waals surface area contributed by atoms with E-state index >= 15 is 0 Å². The van der Waals surface area contributed by atoms with Gasteiger partial charge in [-0.05, 0) is 18.3 Å². The maximum absolute atomic E-state index is 11.6. The molecule has 1 aliphatic rings. The summed E-state index contributed by atoms with van der Waals surface area (Å²) < 4.78 is 0. The molecule has 0 saturated carbocycles. The summed E-state index contributed by atoms with van der Waals surface area (Å²) in [4.78, 5) is 27.9. The Labute approximate surface area is 94.5 Å². The molecule has 0 bridgehead atoms. The fourth-order valence-corrected chi connectivity index (χ4v) is 2.05. The van der Waals surface area contributed by atoms with Crippen LogP contribution in [0.2, 0.25) is 0 Å². The number of hydroxylamine groups is 1. The van der Waals surface area contributed by atoms with Crippen LogP contribution in [0.15, 0.2) is 0 Å². The lowest BCUT2D eigenvalue weighted by molar-refractivity contribution is -0.144. The van der Waals surface area contributed by atoms with Gasteiger partial charge in [-0.2, -0.15) is 0 Å². The Morgan fingerprint density at radius 3 is 2.44 bits per heavy atom. The molecule has 2 amide bonds. The molecule has 0 aromatic carbocycles. The van der Waals surface area contributed by atoms with Crippen molar-refractivity contribution >= 4 is 12.0 Å². The number of nitrogens with one attached hydrogen (secondary N) is 1. The van der Waals surface area contributed by atoms with Gasteiger partial charge < -0.3 is 10.0 Å². The lowest BCUT2D eigenvalue weighted by atomic mass is 9.92. The maximum atomic E-state index is 11.6. The van der Waals surface area contributed by atoms with Crippen molar-refractivity contribution in [2.24, 2.45) is 11.8 Å². The molecular weight excluding hydrogens is 212 g/mol. The molecule has 1 heterocycles. The predicted molar refractivity (Wildman–Crippen MR) is 56.6 cm³/mol. The average Bonchev–Trinajstić information content (AvgIpc) is 2.15. The van der Waals surface area contributed by atoms with Crippen molar-refractivity contribution in [3.63, 3.8) is 0 Å². The first kappa shape index (κ1) is 12.8. The number of urea groups is 1. The number of carboxylic acids is 1. The Morgan fingerprint density at radius 2 is 1.94 bits per heavy atom. The van der Waals surface area contributed by atoms with Crippen molar-refractivity contribution in [2.75, 3.05) is 19.7 Å². The van der Waals surface area contributed by atoms with Crippen molar-refractivity contribution in [3.05, 3.63) is 0 Å². The number of amides is 2. The molecule has 2 N–H and O–H groups in total. The zero-order valence-electron chi connectivity index (χ0n) is 9.60. The van der Waals surface area contributed by atoms with Gasteiger partial charge in [0.1, 0.15) is 0 Å². The largest absolute Gasteiger partial charge is 0.479 e. The Kier molecular flexibility index (Phi) is 4.54. The summed E-state index contributed by atoms with van der Waals surface area (Å²) in [5, 5.41) is 8.33. The Morgan fingerprint density at radius 1 is 1.38 bits per heavy atom. The van der Waals surface area contributed by atoms with Crippen LogP contribution in [0.5, 0.6) is 0 Å². The van der Waals surface area contributed by atoms with E-state index in [9.17, 15) is 9.59 Å². The molecule has 1 rings (SSSR count). The second kappa shape index (κ2) is 5.69. The summed E-state index contributed by atoms with van der Waals surface area (Å²) in [6.07, 6.45) is 1.11. The van der Waals surface area contributed by atoms with Crippen LogP contribution in [0.1, 0.15) is 20.3 Å². The van der Waals surface area contributed by atoms with Crippen molar-refractivity contribution in [1.29, 1.82) is 0 Å². The number of rotatable bonds is 3. The highest BCUT2D eigenvalue weighted by Gasteiger charge is 2.25. The van der Waals surface area contributed by atoms with Gasteiger partial charge in [-0.3, -0.25) is 4.84 Å². The fraction of sp³-hybridized carbons (Fsp3) is 0.800. The zero-order valence-corrected chi connectivity index (χ0v) is 9.60. The van der Waals surface area contributed by atoms with Crippen molar-refractivity contribution < 1.29 is 19.5 Å². The van der Waals surface area contributed by atoms with E-state index in [4.69, 9.17) is 5.11 Å². The summed E-state index contributed by atoms with van der Waals surface area (Å²) >= 11 is 0. The van der Waals surface area contributed by atoms with E-state index < -0.39 is 12.6 Å². The summed E-state index contributed by atoms with van der Waals surface area (Å²) in [7, 11) is 0. The third-order valence-electron chi connectivity index (χ3n) is 2.51. The summed E-state index contributed by atoms with van der Waals surface area (Å²) in [5.74, 6) is -0.177. The van der Waals surface area contributed by atoms with Crippen molar-refractivity contribution in [2.45, 2.75) is 20.3 Å². The summed E-state index contributed by atoms with van der Waals surface area (Å²) in [6, 6.07) is -0.361. The lowest BCUT2D eigenvalue weighted by Crippen LogP contribution is -2.47. The molecule has 1 saturated heterocycles. The SMILES string of the molecule is CC1CC(C)CN(C(=O)NOCC(=O)O)C1. The van der Waals surface area contributed by atoms with Crippen molar-refractivity contribution in [1.82, 2.24) is 10.4 Å². The van der Waals surface area contributed by atoms with Crippen LogP contribution < -0.4 is 5.48 Å². The smallest absolute Gasteiger partial charge is 0.341 e. The predicted octanol–water partition coefficient (Wildman–Crippen LogP) is 0.690. The van der Waals surface area contributed by atoms with E-state index in [1.54, 1.807) is 4.90 Å². The molecule has 0 spiro atoms. The summed E-state index contributed by atoms with van der Waals surface area (Å²) in [6.45, 7) is 5.03. The topological polar surface area (TPSA) is 78.9 Å². The minimum Gasteiger partial charge on any atom is -0.479 e. The molecule has 2 atom stereocenters. The molecule has 6 nitrogen and oxygen atoms in total. The van der Waals surface area contributed by atoms with Gasteiger partial charge in [-0.25, -0.2) is 15.1 Å². The number of likely N-dealkylation sites (tertiary alicyclic amines) is 1. The van der Waals surface area contributed by atoms with Crippen molar-refractivity contribution in [3.8, 4) is 0 Å². The zero-order chi connectivity index (χ0) is 12.1. The van der Waals surface area contributed by atoms with Crippen LogP contribution >= 0.6 is 0 Å². The van der Waals surface area contributed by atoms with Crippen LogP contribution in [0, 0.1) is 11.8 Å². The molecular formula is C10H18N2O4. The lowest BCUT2D eigenvalue weighted by Gasteiger charge is -2.34. The molecule has 6 heteroatoms. The highest BCUT2D eigenvalue weighted by molar-refractivity contribution is 5.73.